The van der Waals surface area contributed by atoms with E-state index in [2.05, 4.69) is 25.2 Å². The zero-order valence-corrected chi connectivity index (χ0v) is 16.4. The number of carbonyl (C=O) groups excluding carboxylic acids is 1. The van der Waals surface area contributed by atoms with Crippen LogP contribution in [0.4, 0.5) is 8.78 Å². The van der Waals surface area contributed by atoms with Crippen LogP contribution in [-0.2, 0) is 13.6 Å². The van der Waals surface area contributed by atoms with Crippen molar-refractivity contribution in [2.24, 2.45) is 7.05 Å². The predicted molar refractivity (Wildman–Crippen MR) is 108 cm³/mol. The minimum atomic E-state index is -3.00. The summed E-state index contributed by atoms with van der Waals surface area (Å²) in [4.78, 5) is 16.6. The lowest BCUT2D eigenvalue weighted by Crippen LogP contribution is -2.23. The second-order valence-electron chi connectivity index (χ2n) is 6.57. The van der Waals surface area contributed by atoms with Gasteiger partial charge in [-0.1, -0.05) is 18.2 Å². The van der Waals surface area contributed by atoms with Gasteiger partial charge >= 0.3 is 6.61 Å². The maximum atomic E-state index is 12.5. The first-order valence-corrected chi connectivity index (χ1v) is 9.32. The summed E-state index contributed by atoms with van der Waals surface area (Å²) in [6, 6.07) is 14.4. The number of halogens is 2. The maximum absolute atomic E-state index is 12.5. The van der Waals surface area contributed by atoms with Crippen molar-refractivity contribution >= 4 is 5.91 Å². The molecule has 0 saturated carbocycles. The van der Waals surface area contributed by atoms with Gasteiger partial charge < -0.3 is 10.1 Å². The molecular weight excluding hydrogens is 406 g/mol. The number of rotatable bonds is 7. The average molecular weight is 424 g/mol. The number of benzene rings is 1. The summed E-state index contributed by atoms with van der Waals surface area (Å²) in [5, 5.41) is 11.4. The fraction of sp³-hybridized carbons (Fsp3) is 0.143. The Kier molecular flexibility index (Phi) is 5.69. The van der Waals surface area contributed by atoms with E-state index in [1.165, 1.54) is 13.1 Å². The molecule has 1 N–H and O–H groups in total. The lowest BCUT2D eigenvalue weighted by atomic mass is 10.1. The third-order valence-electron chi connectivity index (χ3n) is 4.48. The van der Waals surface area contributed by atoms with Crippen molar-refractivity contribution in [1.82, 2.24) is 29.9 Å². The first kappa shape index (κ1) is 20.2. The Morgan fingerprint density at radius 3 is 2.58 bits per heavy atom. The summed E-state index contributed by atoms with van der Waals surface area (Å²) in [5.74, 6) is -0.720. The Morgan fingerprint density at radius 1 is 1.13 bits per heavy atom. The van der Waals surface area contributed by atoms with Crippen LogP contribution in [0.1, 0.15) is 16.1 Å². The molecule has 1 amide bonds. The lowest BCUT2D eigenvalue weighted by Gasteiger charge is -2.04. The molecule has 0 unspecified atom stereocenters. The van der Waals surface area contributed by atoms with E-state index in [0.717, 1.165) is 21.5 Å². The van der Waals surface area contributed by atoms with Gasteiger partial charge in [0.25, 0.3) is 5.91 Å². The number of ether oxygens (including phenoxy) is 1. The standard InChI is InChI=1S/C21H18F2N6O2/c1-28-18(31-21(22)23)11-17(26-28)20(30)25-12-15-13-29(16-5-3-2-4-6-16)27-19(15)14-7-9-24-10-8-14/h2-11,13,21H,12H2,1H3,(H,25,30). The molecule has 8 nitrogen and oxygen atoms in total. The van der Waals surface area contributed by atoms with Crippen molar-refractivity contribution in [1.29, 1.82) is 0 Å². The molecule has 0 bridgehead atoms. The number of hydrogen-bond donors (Lipinski definition) is 1. The number of amides is 1. The monoisotopic (exact) mass is 424 g/mol. The van der Waals surface area contributed by atoms with E-state index in [-0.39, 0.29) is 18.1 Å². The van der Waals surface area contributed by atoms with Crippen LogP contribution >= 0.6 is 0 Å². The molecule has 0 aliphatic heterocycles. The van der Waals surface area contributed by atoms with Crippen molar-refractivity contribution in [2.75, 3.05) is 0 Å². The highest BCUT2D eigenvalue weighted by atomic mass is 19.3. The largest absolute Gasteiger partial charge is 0.417 e. The summed E-state index contributed by atoms with van der Waals surface area (Å²) >= 11 is 0. The Labute approximate surface area is 176 Å². The van der Waals surface area contributed by atoms with E-state index >= 15 is 0 Å². The number of hydrogen-bond acceptors (Lipinski definition) is 5. The predicted octanol–water partition coefficient (Wildman–Crippen LogP) is 3.20. The summed E-state index contributed by atoms with van der Waals surface area (Å²) in [6.45, 7) is -2.84. The van der Waals surface area contributed by atoms with Crippen LogP contribution in [0.15, 0.2) is 67.1 Å². The van der Waals surface area contributed by atoms with Gasteiger partial charge in [0.05, 0.1) is 11.4 Å². The second kappa shape index (κ2) is 8.74. The summed E-state index contributed by atoms with van der Waals surface area (Å²) in [5.41, 5.74) is 3.14. The van der Waals surface area contributed by atoms with E-state index in [4.69, 9.17) is 0 Å². The van der Waals surface area contributed by atoms with Gasteiger partial charge in [-0.25, -0.2) is 9.36 Å². The molecule has 0 aliphatic carbocycles. The van der Waals surface area contributed by atoms with E-state index in [9.17, 15) is 13.6 Å². The van der Waals surface area contributed by atoms with Crippen LogP contribution < -0.4 is 10.1 Å². The number of nitrogens with one attached hydrogen (secondary N) is 1. The van der Waals surface area contributed by atoms with Crippen LogP contribution in [0.5, 0.6) is 5.88 Å². The van der Waals surface area contributed by atoms with Crippen LogP contribution in [0.3, 0.4) is 0 Å². The third-order valence-corrected chi connectivity index (χ3v) is 4.48. The molecule has 0 radical (unpaired) electrons. The Hall–Kier alpha value is -4.08. The summed E-state index contributed by atoms with van der Waals surface area (Å²) < 4.78 is 32.0. The molecule has 10 heteroatoms. The van der Waals surface area contributed by atoms with Crippen LogP contribution in [0, 0.1) is 0 Å². The zero-order valence-electron chi connectivity index (χ0n) is 16.4. The van der Waals surface area contributed by atoms with Crippen LogP contribution in [0.2, 0.25) is 0 Å². The van der Waals surface area contributed by atoms with Gasteiger partial charge in [-0.05, 0) is 24.3 Å². The molecule has 0 fully saturated rings. The average Bonchev–Trinajstić information content (AvgIpc) is 3.37. The van der Waals surface area contributed by atoms with Gasteiger partial charge in [-0.2, -0.15) is 19.0 Å². The van der Waals surface area contributed by atoms with Crippen LogP contribution in [-0.4, -0.2) is 37.1 Å². The fourth-order valence-corrected chi connectivity index (χ4v) is 3.03. The number of carbonyl (C=O) groups is 1. The molecule has 158 valence electrons. The van der Waals surface area contributed by atoms with Crippen molar-refractivity contribution in [3.63, 3.8) is 0 Å². The molecule has 4 aromatic rings. The molecule has 4 rings (SSSR count). The number of aryl methyl sites for hydroxylation is 1. The first-order chi connectivity index (χ1) is 15.0. The van der Waals surface area contributed by atoms with Crippen molar-refractivity contribution in [2.45, 2.75) is 13.2 Å². The molecule has 0 spiro atoms. The van der Waals surface area contributed by atoms with Crippen molar-refractivity contribution in [3.8, 4) is 22.8 Å². The molecule has 3 aromatic heterocycles. The fourth-order valence-electron chi connectivity index (χ4n) is 3.03. The zero-order chi connectivity index (χ0) is 21.8. The molecule has 0 saturated heterocycles. The van der Waals surface area contributed by atoms with Crippen molar-refractivity contribution in [3.05, 3.63) is 78.4 Å². The minimum absolute atomic E-state index is 0.0286. The highest BCUT2D eigenvalue weighted by Crippen LogP contribution is 2.23. The maximum Gasteiger partial charge on any atom is 0.388 e. The van der Waals surface area contributed by atoms with Gasteiger partial charge in [-0.3, -0.25) is 9.78 Å². The molecule has 0 aliphatic rings. The van der Waals surface area contributed by atoms with Gasteiger partial charge in [-0.15, -0.1) is 0 Å². The quantitative estimate of drug-likeness (QED) is 0.492. The number of nitrogens with zero attached hydrogens (tertiary/aromatic N) is 5. The number of pyridine rings is 1. The first-order valence-electron chi connectivity index (χ1n) is 9.32. The molecule has 0 atom stereocenters. The van der Waals surface area contributed by atoms with Gasteiger partial charge in [0.1, 0.15) is 0 Å². The molecule has 31 heavy (non-hydrogen) atoms. The summed E-state index contributed by atoms with van der Waals surface area (Å²) in [7, 11) is 1.42. The molecule has 3 heterocycles. The number of aromatic nitrogens is 5. The second-order valence-corrected chi connectivity index (χ2v) is 6.57. The smallest absolute Gasteiger partial charge is 0.388 e. The highest BCUT2D eigenvalue weighted by Gasteiger charge is 2.18. The Balaban J connectivity index is 1.58. The normalized spacial score (nSPS) is 11.0. The summed E-state index contributed by atoms with van der Waals surface area (Å²) in [6.07, 6.45) is 5.16. The Bertz CT molecular complexity index is 1180. The number of para-hydroxylation sites is 1. The minimum Gasteiger partial charge on any atom is -0.417 e. The number of alkyl halides is 2. The van der Waals surface area contributed by atoms with Gasteiger partial charge in [0.2, 0.25) is 5.88 Å². The Morgan fingerprint density at radius 2 is 1.87 bits per heavy atom. The molecule has 1 aromatic carbocycles. The van der Waals surface area contributed by atoms with E-state index in [1.54, 1.807) is 17.1 Å². The van der Waals surface area contributed by atoms with Gasteiger partial charge in [0, 0.05) is 49.4 Å². The van der Waals surface area contributed by atoms with Crippen LogP contribution in [0.25, 0.3) is 16.9 Å². The van der Waals surface area contributed by atoms with Gasteiger partial charge in [0.15, 0.2) is 5.69 Å². The lowest BCUT2D eigenvalue weighted by molar-refractivity contribution is -0.0553. The molecular formula is C21H18F2N6O2. The SMILES string of the molecule is Cn1nc(C(=O)NCc2cn(-c3ccccc3)nc2-c2ccncc2)cc1OC(F)F. The third kappa shape index (κ3) is 4.58. The van der Waals surface area contributed by atoms with E-state index in [1.807, 2.05) is 48.7 Å². The topological polar surface area (TPSA) is 86.9 Å². The highest BCUT2D eigenvalue weighted by molar-refractivity contribution is 5.92. The van der Waals surface area contributed by atoms with E-state index < -0.39 is 12.5 Å². The van der Waals surface area contributed by atoms with Crippen molar-refractivity contribution < 1.29 is 18.3 Å². The van der Waals surface area contributed by atoms with E-state index in [0.29, 0.717) is 5.69 Å².